The Labute approximate surface area is 148 Å². The Morgan fingerprint density at radius 2 is 1.44 bits per heavy atom. The summed E-state index contributed by atoms with van der Waals surface area (Å²) in [6, 6.07) is 29.1. The van der Waals surface area contributed by atoms with Crippen molar-refractivity contribution in [3.05, 3.63) is 96.1 Å². The predicted octanol–water partition coefficient (Wildman–Crippen LogP) is 5.32. The number of hydroxylamine groups is 1. The minimum Gasteiger partial charge on any atom is -0.497 e. The summed E-state index contributed by atoms with van der Waals surface area (Å²) in [4.78, 5) is 6.36. The Morgan fingerprint density at radius 3 is 2.08 bits per heavy atom. The van der Waals surface area contributed by atoms with Crippen molar-refractivity contribution in [2.24, 2.45) is 0 Å². The van der Waals surface area contributed by atoms with E-state index in [9.17, 15) is 0 Å². The number of nitrogens with zero attached hydrogens (tertiary/aromatic N) is 1. The lowest BCUT2D eigenvalue weighted by molar-refractivity contribution is 0.0836. The third kappa shape index (κ3) is 3.24. The fourth-order valence-electron chi connectivity index (χ4n) is 3.33. The highest BCUT2D eigenvalue weighted by molar-refractivity contribution is 5.48. The molecule has 1 heterocycles. The minimum absolute atomic E-state index is 0.0495. The number of rotatable bonds is 4. The molecule has 0 amide bonds. The van der Waals surface area contributed by atoms with E-state index in [0.717, 1.165) is 17.9 Å². The van der Waals surface area contributed by atoms with Crippen molar-refractivity contribution in [1.82, 2.24) is 0 Å². The lowest BCUT2D eigenvalue weighted by Crippen LogP contribution is -2.21. The first-order valence-electron chi connectivity index (χ1n) is 8.55. The first kappa shape index (κ1) is 15.7. The number of ether oxygens (including phenoxy) is 1. The molecule has 0 aliphatic carbocycles. The summed E-state index contributed by atoms with van der Waals surface area (Å²) in [5.41, 5.74) is 3.50. The molecule has 0 aromatic heterocycles. The molecule has 0 saturated carbocycles. The number of hydrogen-bond acceptors (Lipinski definition) is 3. The smallest absolute Gasteiger partial charge is 0.118 e. The van der Waals surface area contributed by atoms with Crippen molar-refractivity contribution in [2.75, 3.05) is 12.2 Å². The molecule has 25 heavy (non-hydrogen) atoms. The van der Waals surface area contributed by atoms with E-state index in [0.29, 0.717) is 0 Å². The molecule has 4 rings (SSSR count). The van der Waals surface area contributed by atoms with Gasteiger partial charge in [-0.2, -0.15) is 0 Å². The molecule has 0 N–H and O–H groups in total. The molecule has 0 bridgehead atoms. The van der Waals surface area contributed by atoms with Crippen LogP contribution in [0, 0.1) is 0 Å². The van der Waals surface area contributed by atoms with Crippen LogP contribution in [0.2, 0.25) is 0 Å². The first-order chi connectivity index (χ1) is 12.3. The Balaban J connectivity index is 1.68. The van der Waals surface area contributed by atoms with Gasteiger partial charge in [-0.15, -0.1) is 0 Å². The standard InChI is InChI=1S/C22H21NO2/c1-24-20-14-12-17(13-15-20)21-16-22(18-8-4-2-5-9-18)25-23(21)19-10-6-3-7-11-19/h2-15,21-22H,16H2,1H3. The largest absolute Gasteiger partial charge is 0.497 e. The third-order valence-corrected chi connectivity index (χ3v) is 4.64. The summed E-state index contributed by atoms with van der Waals surface area (Å²) in [7, 11) is 1.69. The van der Waals surface area contributed by atoms with Crippen LogP contribution in [-0.4, -0.2) is 7.11 Å². The monoisotopic (exact) mass is 331 g/mol. The fraction of sp³-hybridized carbons (Fsp3) is 0.182. The molecular formula is C22H21NO2. The molecule has 3 heteroatoms. The van der Waals surface area contributed by atoms with Crippen molar-refractivity contribution in [2.45, 2.75) is 18.6 Å². The van der Waals surface area contributed by atoms with Gasteiger partial charge in [-0.3, -0.25) is 4.84 Å². The lowest BCUT2D eigenvalue weighted by Gasteiger charge is -2.25. The Hall–Kier alpha value is -2.78. The number of benzene rings is 3. The van der Waals surface area contributed by atoms with E-state index in [1.54, 1.807) is 7.11 Å². The van der Waals surface area contributed by atoms with Crippen molar-refractivity contribution >= 4 is 5.69 Å². The van der Waals surface area contributed by atoms with E-state index >= 15 is 0 Å². The van der Waals surface area contributed by atoms with Gasteiger partial charge >= 0.3 is 0 Å². The van der Waals surface area contributed by atoms with Crippen LogP contribution < -0.4 is 9.80 Å². The molecule has 1 aliphatic rings. The summed E-state index contributed by atoms with van der Waals surface area (Å²) in [6.45, 7) is 0. The van der Waals surface area contributed by atoms with Gasteiger partial charge in [0.15, 0.2) is 0 Å². The molecule has 3 aromatic carbocycles. The molecule has 3 aromatic rings. The molecule has 1 aliphatic heterocycles. The summed E-state index contributed by atoms with van der Waals surface area (Å²) in [5.74, 6) is 0.869. The molecule has 1 saturated heterocycles. The molecule has 2 atom stereocenters. The first-order valence-corrected chi connectivity index (χ1v) is 8.55. The number of hydrogen-bond donors (Lipinski definition) is 0. The van der Waals surface area contributed by atoms with Gasteiger partial charge in [0.2, 0.25) is 0 Å². The lowest BCUT2D eigenvalue weighted by atomic mass is 9.97. The predicted molar refractivity (Wildman–Crippen MR) is 99.5 cm³/mol. The van der Waals surface area contributed by atoms with E-state index < -0.39 is 0 Å². The highest BCUT2D eigenvalue weighted by Crippen LogP contribution is 2.44. The van der Waals surface area contributed by atoms with E-state index in [-0.39, 0.29) is 12.1 Å². The second-order valence-corrected chi connectivity index (χ2v) is 6.19. The Bertz CT molecular complexity index is 802. The zero-order valence-electron chi connectivity index (χ0n) is 14.2. The maximum atomic E-state index is 6.36. The van der Waals surface area contributed by atoms with Gasteiger partial charge in [0.1, 0.15) is 11.9 Å². The van der Waals surface area contributed by atoms with Gasteiger partial charge in [0.25, 0.3) is 0 Å². The topological polar surface area (TPSA) is 21.7 Å². The van der Waals surface area contributed by atoms with Gasteiger partial charge in [-0.05, 0) is 35.4 Å². The summed E-state index contributed by atoms with van der Waals surface area (Å²) in [6.07, 6.45) is 0.958. The summed E-state index contributed by atoms with van der Waals surface area (Å²) < 4.78 is 5.29. The van der Waals surface area contributed by atoms with E-state index in [4.69, 9.17) is 9.57 Å². The van der Waals surface area contributed by atoms with Gasteiger partial charge in [0.05, 0.1) is 18.8 Å². The molecule has 0 spiro atoms. The number of anilines is 1. The molecule has 0 radical (unpaired) electrons. The van der Waals surface area contributed by atoms with Crippen LogP contribution >= 0.6 is 0 Å². The summed E-state index contributed by atoms with van der Waals surface area (Å²) >= 11 is 0. The maximum absolute atomic E-state index is 6.36. The van der Waals surface area contributed by atoms with Crippen molar-refractivity contribution in [1.29, 1.82) is 0 Å². The zero-order chi connectivity index (χ0) is 17.1. The van der Waals surface area contributed by atoms with Crippen molar-refractivity contribution < 1.29 is 9.57 Å². The van der Waals surface area contributed by atoms with E-state index in [1.165, 1.54) is 11.1 Å². The van der Waals surface area contributed by atoms with Crippen LogP contribution in [0.25, 0.3) is 0 Å². The van der Waals surface area contributed by atoms with Crippen LogP contribution in [0.1, 0.15) is 29.7 Å². The van der Waals surface area contributed by atoms with Gasteiger partial charge in [0, 0.05) is 6.42 Å². The normalized spacial score (nSPS) is 19.8. The van der Waals surface area contributed by atoms with Crippen LogP contribution in [0.15, 0.2) is 84.9 Å². The minimum atomic E-state index is 0.0495. The second kappa shape index (κ2) is 6.99. The highest BCUT2D eigenvalue weighted by atomic mass is 16.7. The van der Waals surface area contributed by atoms with Gasteiger partial charge < -0.3 is 4.74 Å². The van der Waals surface area contributed by atoms with Gasteiger partial charge in [-0.25, -0.2) is 5.06 Å². The molecule has 2 unspecified atom stereocenters. The molecule has 1 fully saturated rings. The van der Waals surface area contributed by atoms with Gasteiger partial charge in [-0.1, -0.05) is 60.7 Å². The number of para-hydroxylation sites is 1. The second-order valence-electron chi connectivity index (χ2n) is 6.19. The average molecular weight is 331 g/mol. The molecular weight excluding hydrogens is 310 g/mol. The van der Waals surface area contributed by atoms with Crippen molar-refractivity contribution in [3.63, 3.8) is 0 Å². The average Bonchev–Trinajstić information content (AvgIpc) is 3.15. The number of methoxy groups -OCH3 is 1. The van der Waals surface area contributed by atoms with Crippen LogP contribution in [0.4, 0.5) is 5.69 Å². The Kier molecular flexibility index (Phi) is 4.40. The van der Waals surface area contributed by atoms with E-state index in [2.05, 4.69) is 48.5 Å². The maximum Gasteiger partial charge on any atom is 0.118 e. The van der Waals surface area contributed by atoms with Crippen LogP contribution in [0.3, 0.4) is 0 Å². The fourth-order valence-corrected chi connectivity index (χ4v) is 3.33. The Morgan fingerprint density at radius 1 is 0.800 bits per heavy atom. The molecule has 126 valence electrons. The quantitative estimate of drug-likeness (QED) is 0.646. The zero-order valence-corrected chi connectivity index (χ0v) is 14.2. The van der Waals surface area contributed by atoms with Crippen LogP contribution in [-0.2, 0) is 4.84 Å². The third-order valence-electron chi connectivity index (χ3n) is 4.64. The van der Waals surface area contributed by atoms with E-state index in [1.807, 2.05) is 41.5 Å². The SMILES string of the molecule is COc1ccc(C2CC(c3ccccc3)ON2c2ccccc2)cc1. The highest BCUT2D eigenvalue weighted by Gasteiger charge is 2.35. The summed E-state index contributed by atoms with van der Waals surface area (Å²) in [5, 5.41) is 2.04. The van der Waals surface area contributed by atoms with Crippen molar-refractivity contribution in [3.8, 4) is 5.75 Å². The van der Waals surface area contributed by atoms with Crippen LogP contribution in [0.5, 0.6) is 5.75 Å². The molecule has 3 nitrogen and oxygen atoms in total.